The van der Waals surface area contributed by atoms with Crippen molar-refractivity contribution < 1.29 is 42.9 Å². The maximum Gasteiger partial charge on any atom is 0.333 e. The SMILES string of the molecule is C=C(C)C(=O)OCCC(N)C(=O)Oc1ccc2ccc3c(c2c1)C(c1ccc2ccccc2c1)c1c(ccc2ccc(OC(=O)C(N)CCOC(=O)C(=C)C)cc12)O3. The predicted molar refractivity (Wildman–Crippen MR) is 221 cm³/mol. The minimum absolute atomic E-state index is 0.0635. The van der Waals surface area contributed by atoms with Gasteiger partial charge in [0.2, 0.25) is 0 Å². The van der Waals surface area contributed by atoms with E-state index in [4.69, 9.17) is 35.2 Å². The number of hydrogen-bond acceptors (Lipinski definition) is 11. The van der Waals surface area contributed by atoms with Gasteiger partial charge in [-0.15, -0.1) is 0 Å². The summed E-state index contributed by atoms with van der Waals surface area (Å²) in [5.74, 6) is -1.07. The summed E-state index contributed by atoms with van der Waals surface area (Å²) in [6.45, 7) is 10.1. The fraction of sp³-hybridized carbons (Fsp3) is 0.191. The highest BCUT2D eigenvalue weighted by Crippen LogP contribution is 2.53. The third kappa shape index (κ3) is 8.31. The summed E-state index contributed by atoms with van der Waals surface area (Å²) in [6, 6.07) is 30.9. The third-order valence-corrected chi connectivity index (χ3v) is 9.96. The number of ether oxygens (including phenoxy) is 5. The molecule has 0 bridgehead atoms. The van der Waals surface area contributed by atoms with Crippen molar-refractivity contribution in [1.29, 1.82) is 0 Å². The Morgan fingerprint density at radius 1 is 0.603 bits per heavy atom. The number of benzene rings is 6. The van der Waals surface area contributed by atoms with Gasteiger partial charge in [0.1, 0.15) is 35.1 Å². The van der Waals surface area contributed by atoms with Crippen molar-refractivity contribution in [2.45, 2.75) is 44.7 Å². The van der Waals surface area contributed by atoms with E-state index >= 15 is 0 Å². The molecule has 11 heteroatoms. The van der Waals surface area contributed by atoms with Crippen LogP contribution in [0.1, 0.15) is 49.3 Å². The number of hydrogen-bond donors (Lipinski definition) is 2. The quantitative estimate of drug-likeness (QED) is 0.0663. The monoisotopic (exact) mass is 778 g/mol. The Bertz CT molecular complexity index is 2510. The van der Waals surface area contributed by atoms with Crippen LogP contribution in [-0.2, 0) is 28.7 Å². The van der Waals surface area contributed by atoms with E-state index in [9.17, 15) is 19.2 Å². The number of nitrogens with two attached hydrogens (primary N) is 2. The first-order valence-corrected chi connectivity index (χ1v) is 18.8. The van der Waals surface area contributed by atoms with Crippen LogP contribution in [0.3, 0.4) is 0 Å². The lowest BCUT2D eigenvalue weighted by molar-refractivity contribution is -0.141. The van der Waals surface area contributed by atoms with Gasteiger partial charge in [0.05, 0.1) is 13.2 Å². The average molecular weight is 779 g/mol. The molecule has 0 fully saturated rings. The summed E-state index contributed by atoms with van der Waals surface area (Å²) in [5.41, 5.74) is 15.4. The molecule has 1 aliphatic heterocycles. The van der Waals surface area contributed by atoms with E-state index in [1.54, 1.807) is 24.3 Å². The standard InChI is InChI=1S/C47H42N2O9/c1-26(2)44(50)54-21-19-37(48)46(52)56-33-15-11-29-13-17-39-42(35(29)24-33)41(32-10-9-28-7-5-6-8-31(28)23-32)43-36-25-34(16-12-30(36)14-18-40(43)58-39)57-47(53)38(49)20-22-55-45(51)27(3)4/h5-18,23-25,37-38,41H,1,3,19-22,48-49H2,2,4H3. The van der Waals surface area contributed by atoms with E-state index in [1.807, 2.05) is 48.5 Å². The Morgan fingerprint density at radius 3 is 1.53 bits per heavy atom. The van der Waals surface area contributed by atoms with Gasteiger partial charge in [0.15, 0.2) is 0 Å². The molecule has 7 rings (SSSR count). The van der Waals surface area contributed by atoms with Gasteiger partial charge >= 0.3 is 23.9 Å². The summed E-state index contributed by atoms with van der Waals surface area (Å²) in [7, 11) is 0. The second-order valence-corrected chi connectivity index (χ2v) is 14.3. The molecule has 0 aliphatic carbocycles. The van der Waals surface area contributed by atoms with Gasteiger partial charge in [-0.05, 0) is 88.1 Å². The zero-order valence-corrected chi connectivity index (χ0v) is 32.1. The van der Waals surface area contributed by atoms with Crippen LogP contribution < -0.4 is 25.7 Å². The van der Waals surface area contributed by atoms with Crippen LogP contribution >= 0.6 is 0 Å². The van der Waals surface area contributed by atoms with Gasteiger partial charge in [-0.25, -0.2) is 19.2 Å². The molecule has 0 amide bonds. The molecule has 2 unspecified atom stereocenters. The molecule has 0 saturated carbocycles. The lowest BCUT2D eigenvalue weighted by atomic mass is 9.78. The van der Waals surface area contributed by atoms with Crippen molar-refractivity contribution in [2.75, 3.05) is 13.2 Å². The third-order valence-electron chi connectivity index (χ3n) is 9.96. The molecule has 6 aromatic carbocycles. The molecule has 11 nitrogen and oxygen atoms in total. The summed E-state index contributed by atoms with van der Waals surface area (Å²) in [4.78, 5) is 49.8. The Labute approximate surface area is 334 Å². The first-order valence-electron chi connectivity index (χ1n) is 18.8. The normalized spacial score (nSPS) is 14.0. The zero-order valence-electron chi connectivity index (χ0n) is 32.1. The fourth-order valence-electron chi connectivity index (χ4n) is 6.91. The van der Waals surface area contributed by atoms with Gasteiger partial charge in [-0.1, -0.05) is 79.9 Å². The molecular weight excluding hydrogens is 737 g/mol. The fourth-order valence-corrected chi connectivity index (χ4v) is 6.91. The molecule has 1 heterocycles. The Hall–Kier alpha value is -6.82. The van der Waals surface area contributed by atoms with Crippen LogP contribution in [-0.4, -0.2) is 49.2 Å². The highest BCUT2D eigenvalue weighted by Gasteiger charge is 2.33. The number of carbonyl (C=O) groups is 4. The van der Waals surface area contributed by atoms with Gasteiger partial charge in [-0.3, -0.25) is 0 Å². The van der Waals surface area contributed by atoms with Crippen molar-refractivity contribution >= 4 is 56.2 Å². The van der Waals surface area contributed by atoms with Crippen molar-refractivity contribution in [1.82, 2.24) is 0 Å². The maximum atomic E-state index is 13.1. The molecule has 294 valence electrons. The molecule has 0 saturated heterocycles. The minimum atomic E-state index is -1.04. The van der Waals surface area contributed by atoms with E-state index in [2.05, 4.69) is 43.5 Å². The van der Waals surface area contributed by atoms with Crippen molar-refractivity contribution in [3.63, 3.8) is 0 Å². The van der Waals surface area contributed by atoms with Crippen molar-refractivity contribution in [3.8, 4) is 23.0 Å². The van der Waals surface area contributed by atoms with Crippen LogP contribution in [0.25, 0.3) is 32.3 Å². The molecule has 1 aliphatic rings. The van der Waals surface area contributed by atoms with E-state index in [-0.39, 0.29) is 48.7 Å². The number of esters is 4. The van der Waals surface area contributed by atoms with E-state index in [1.165, 1.54) is 13.8 Å². The van der Waals surface area contributed by atoms with Gasteiger partial charge < -0.3 is 35.2 Å². The maximum absolute atomic E-state index is 13.1. The first-order chi connectivity index (χ1) is 27.9. The first kappa shape index (κ1) is 39.4. The molecular formula is C47H42N2O9. The minimum Gasteiger partial charge on any atom is -0.462 e. The molecule has 0 radical (unpaired) electrons. The topological polar surface area (TPSA) is 166 Å². The molecule has 2 atom stereocenters. The Kier molecular flexibility index (Phi) is 11.4. The summed E-state index contributed by atoms with van der Waals surface area (Å²) in [6.07, 6.45) is 0.132. The highest BCUT2D eigenvalue weighted by molar-refractivity contribution is 5.97. The second kappa shape index (κ2) is 16.7. The Morgan fingerprint density at radius 2 is 1.05 bits per heavy atom. The van der Waals surface area contributed by atoms with Crippen molar-refractivity contribution in [3.05, 3.63) is 144 Å². The van der Waals surface area contributed by atoms with Crippen LogP contribution in [0, 0.1) is 0 Å². The van der Waals surface area contributed by atoms with Crippen LogP contribution in [0.15, 0.2) is 127 Å². The molecule has 58 heavy (non-hydrogen) atoms. The largest absolute Gasteiger partial charge is 0.462 e. The number of carbonyl (C=O) groups excluding carboxylic acids is 4. The lowest BCUT2D eigenvalue weighted by Crippen LogP contribution is -2.35. The summed E-state index contributed by atoms with van der Waals surface area (Å²) in [5, 5.41) is 5.46. The molecule has 4 N–H and O–H groups in total. The van der Waals surface area contributed by atoms with Crippen molar-refractivity contribution in [2.24, 2.45) is 11.5 Å². The van der Waals surface area contributed by atoms with E-state index in [0.717, 1.165) is 49.0 Å². The Balaban J connectivity index is 1.27. The van der Waals surface area contributed by atoms with Gasteiger partial charge in [0, 0.05) is 41.0 Å². The van der Waals surface area contributed by atoms with Crippen LogP contribution in [0.2, 0.25) is 0 Å². The number of fused-ring (bicyclic) bond motifs is 7. The average Bonchev–Trinajstić information content (AvgIpc) is 3.22. The van der Waals surface area contributed by atoms with E-state index < -0.39 is 41.9 Å². The lowest BCUT2D eigenvalue weighted by Gasteiger charge is -2.31. The van der Waals surface area contributed by atoms with Crippen LogP contribution in [0.5, 0.6) is 23.0 Å². The summed E-state index contributed by atoms with van der Waals surface area (Å²) < 4.78 is 28.5. The van der Waals surface area contributed by atoms with Gasteiger partial charge in [0.25, 0.3) is 0 Å². The number of rotatable bonds is 13. The van der Waals surface area contributed by atoms with Crippen LogP contribution in [0.4, 0.5) is 0 Å². The highest BCUT2D eigenvalue weighted by atomic mass is 16.5. The van der Waals surface area contributed by atoms with E-state index in [0.29, 0.717) is 11.5 Å². The predicted octanol–water partition coefficient (Wildman–Crippen LogP) is 7.92. The molecule has 0 aromatic heterocycles. The zero-order chi connectivity index (χ0) is 41.1. The summed E-state index contributed by atoms with van der Waals surface area (Å²) >= 11 is 0. The van der Waals surface area contributed by atoms with Gasteiger partial charge in [-0.2, -0.15) is 0 Å². The molecule has 6 aromatic rings. The molecule has 0 spiro atoms. The second-order valence-electron chi connectivity index (χ2n) is 14.3. The smallest absolute Gasteiger partial charge is 0.333 e.